The predicted octanol–water partition coefficient (Wildman–Crippen LogP) is 0.623. The first-order valence-corrected chi connectivity index (χ1v) is 4.22. The molecule has 1 amide bonds. The van der Waals surface area contributed by atoms with E-state index < -0.39 is 0 Å². The Labute approximate surface area is 82.1 Å². The summed E-state index contributed by atoms with van der Waals surface area (Å²) < 4.78 is 0. The first-order valence-electron chi connectivity index (χ1n) is 4.22. The van der Waals surface area contributed by atoms with E-state index in [1.54, 1.807) is 21.0 Å². The SMILES string of the molecule is CC(=O)c1nc(C)[nH]c1C(=O)N(C)C. The minimum atomic E-state index is -0.240. The number of hydrogen-bond donors (Lipinski definition) is 1. The molecule has 1 rings (SSSR count). The normalized spacial score (nSPS) is 10.0. The number of carbonyl (C=O) groups is 2. The highest BCUT2D eigenvalue weighted by atomic mass is 16.2. The van der Waals surface area contributed by atoms with E-state index in [0.29, 0.717) is 5.82 Å². The zero-order chi connectivity index (χ0) is 10.9. The lowest BCUT2D eigenvalue weighted by atomic mass is 10.2. The van der Waals surface area contributed by atoms with E-state index >= 15 is 0 Å². The fourth-order valence-electron chi connectivity index (χ4n) is 1.12. The van der Waals surface area contributed by atoms with Crippen LogP contribution < -0.4 is 0 Å². The number of aryl methyl sites for hydroxylation is 1. The molecule has 0 saturated heterocycles. The molecule has 0 aliphatic rings. The van der Waals surface area contributed by atoms with Crippen LogP contribution in [0.2, 0.25) is 0 Å². The Morgan fingerprint density at radius 2 is 1.93 bits per heavy atom. The smallest absolute Gasteiger partial charge is 0.272 e. The van der Waals surface area contributed by atoms with Gasteiger partial charge >= 0.3 is 0 Å². The van der Waals surface area contributed by atoms with Crippen molar-refractivity contribution in [2.24, 2.45) is 0 Å². The third-order valence-electron chi connectivity index (χ3n) is 1.78. The fourth-order valence-corrected chi connectivity index (χ4v) is 1.12. The molecule has 1 aromatic rings. The van der Waals surface area contributed by atoms with Crippen molar-refractivity contribution in [1.29, 1.82) is 0 Å². The summed E-state index contributed by atoms with van der Waals surface area (Å²) in [5.74, 6) is 0.121. The number of nitrogens with one attached hydrogen (secondary N) is 1. The molecule has 14 heavy (non-hydrogen) atoms. The van der Waals surface area contributed by atoms with Gasteiger partial charge in [-0.1, -0.05) is 0 Å². The third-order valence-corrected chi connectivity index (χ3v) is 1.78. The van der Waals surface area contributed by atoms with Crippen LogP contribution >= 0.6 is 0 Å². The summed E-state index contributed by atoms with van der Waals surface area (Å²) in [6.45, 7) is 3.10. The van der Waals surface area contributed by atoms with Crippen LogP contribution in [-0.4, -0.2) is 40.7 Å². The van der Waals surface area contributed by atoms with Crippen LogP contribution in [0, 0.1) is 6.92 Å². The Morgan fingerprint density at radius 3 is 2.36 bits per heavy atom. The van der Waals surface area contributed by atoms with E-state index in [-0.39, 0.29) is 23.1 Å². The van der Waals surface area contributed by atoms with Crippen molar-refractivity contribution in [3.05, 3.63) is 17.2 Å². The van der Waals surface area contributed by atoms with Crippen molar-refractivity contribution in [3.8, 4) is 0 Å². The van der Waals surface area contributed by atoms with Gasteiger partial charge in [-0.2, -0.15) is 0 Å². The van der Waals surface area contributed by atoms with E-state index in [1.165, 1.54) is 11.8 Å². The number of amides is 1. The highest BCUT2D eigenvalue weighted by Crippen LogP contribution is 2.08. The summed E-state index contributed by atoms with van der Waals surface area (Å²) in [6.07, 6.45) is 0. The van der Waals surface area contributed by atoms with Gasteiger partial charge in [0.25, 0.3) is 5.91 Å². The maximum absolute atomic E-state index is 11.6. The second-order valence-electron chi connectivity index (χ2n) is 3.30. The number of H-pyrrole nitrogens is 1. The lowest BCUT2D eigenvalue weighted by molar-refractivity contribution is 0.0816. The van der Waals surface area contributed by atoms with Gasteiger partial charge in [0, 0.05) is 21.0 Å². The molecule has 0 atom stereocenters. The van der Waals surface area contributed by atoms with Crippen molar-refractivity contribution >= 4 is 11.7 Å². The number of Topliss-reactive ketones (excluding diaryl/α,β-unsaturated/α-hetero) is 1. The number of aromatic amines is 1. The van der Waals surface area contributed by atoms with Gasteiger partial charge in [0.1, 0.15) is 17.2 Å². The van der Waals surface area contributed by atoms with Gasteiger partial charge in [0.05, 0.1) is 0 Å². The number of aromatic nitrogens is 2. The van der Waals surface area contributed by atoms with Gasteiger partial charge in [-0.15, -0.1) is 0 Å². The van der Waals surface area contributed by atoms with Gasteiger partial charge in [-0.25, -0.2) is 4.98 Å². The maximum atomic E-state index is 11.6. The van der Waals surface area contributed by atoms with Crippen LogP contribution in [-0.2, 0) is 0 Å². The first-order chi connectivity index (χ1) is 6.43. The summed E-state index contributed by atoms with van der Waals surface area (Å²) in [6, 6.07) is 0. The Balaban J connectivity index is 3.20. The summed E-state index contributed by atoms with van der Waals surface area (Å²) in [4.78, 5) is 30.9. The molecule has 0 saturated carbocycles. The summed E-state index contributed by atoms with van der Waals surface area (Å²) in [5, 5.41) is 0. The molecule has 1 aromatic heterocycles. The Morgan fingerprint density at radius 1 is 1.36 bits per heavy atom. The number of carbonyl (C=O) groups excluding carboxylic acids is 2. The Hall–Kier alpha value is -1.65. The highest BCUT2D eigenvalue weighted by molar-refractivity contribution is 6.04. The van der Waals surface area contributed by atoms with Gasteiger partial charge < -0.3 is 9.88 Å². The van der Waals surface area contributed by atoms with Crippen LogP contribution in [0.5, 0.6) is 0 Å². The molecule has 5 nitrogen and oxygen atoms in total. The second kappa shape index (κ2) is 3.61. The molecule has 0 spiro atoms. The van der Waals surface area contributed by atoms with Crippen molar-refractivity contribution < 1.29 is 9.59 Å². The molecule has 76 valence electrons. The van der Waals surface area contributed by atoms with E-state index in [2.05, 4.69) is 9.97 Å². The largest absolute Gasteiger partial charge is 0.343 e. The Kier molecular flexibility index (Phi) is 2.69. The summed E-state index contributed by atoms with van der Waals surface area (Å²) >= 11 is 0. The topological polar surface area (TPSA) is 66.1 Å². The van der Waals surface area contributed by atoms with Crippen molar-refractivity contribution in [1.82, 2.24) is 14.9 Å². The quantitative estimate of drug-likeness (QED) is 0.703. The monoisotopic (exact) mass is 195 g/mol. The number of rotatable bonds is 2. The van der Waals surface area contributed by atoms with E-state index in [0.717, 1.165) is 0 Å². The van der Waals surface area contributed by atoms with Gasteiger partial charge in [0.2, 0.25) is 0 Å². The van der Waals surface area contributed by atoms with Crippen LogP contribution in [0.15, 0.2) is 0 Å². The molecule has 0 bridgehead atoms. The van der Waals surface area contributed by atoms with Gasteiger partial charge in [0.15, 0.2) is 5.78 Å². The van der Waals surface area contributed by atoms with Crippen molar-refractivity contribution in [3.63, 3.8) is 0 Å². The molecule has 1 N–H and O–H groups in total. The minimum Gasteiger partial charge on any atom is -0.343 e. The molecule has 0 unspecified atom stereocenters. The number of hydrogen-bond acceptors (Lipinski definition) is 3. The predicted molar refractivity (Wildman–Crippen MR) is 51.3 cm³/mol. The first kappa shape index (κ1) is 10.4. The van der Waals surface area contributed by atoms with Gasteiger partial charge in [-0.3, -0.25) is 9.59 Å². The molecule has 0 fully saturated rings. The fraction of sp³-hybridized carbons (Fsp3) is 0.444. The second-order valence-corrected chi connectivity index (χ2v) is 3.30. The summed E-state index contributed by atoms with van der Waals surface area (Å²) in [5.41, 5.74) is 0.473. The lowest BCUT2D eigenvalue weighted by Gasteiger charge is -2.08. The third kappa shape index (κ3) is 1.81. The average Bonchev–Trinajstić information content (AvgIpc) is 2.45. The highest BCUT2D eigenvalue weighted by Gasteiger charge is 2.20. The molecule has 0 aliphatic carbocycles. The molecular weight excluding hydrogens is 182 g/mol. The average molecular weight is 195 g/mol. The molecule has 0 radical (unpaired) electrons. The minimum absolute atomic E-state index is 0.209. The molecule has 1 heterocycles. The standard InChI is InChI=1S/C9H13N3O2/c1-5(13)7-8(9(14)12(3)4)11-6(2)10-7/h1-4H3,(H,10,11). The van der Waals surface area contributed by atoms with Crippen LogP contribution in [0.4, 0.5) is 0 Å². The van der Waals surface area contributed by atoms with Crippen LogP contribution in [0.25, 0.3) is 0 Å². The zero-order valence-corrected chi connectivity index (χ0v) is 8.71. The number of imidazole rings is 1. The van der Waals surface area contributed by atoms with Crippen LogP contribution in [0.3, 0.4) is 0 Å². The molecule has 0 aliphatic heterocycles. The molecule has 0 aromatic carbocycles. The lowest BCUT2D eigenvalue weighted by Crippen LogP contribution is -2.23. The summed E-state index contributed by atoms with van der Waals surface area (Å²) in [7, 11) is 3.25. The van der Waals surface area contributed by atoms with E-state index in [4.69, 9.17) is 0 Å². The maximum Gasteiger partial charge on any atom is 0.272 e. The molecular formula is C9H13N3O2. The van der Waals surface area contributed by atoms with Gasteiger partial charge in [-0.05, 0) is 6.92 Å². The van der Waals surface area contributed by atoms with Crippen LogP contribution in [0.1, 0.15) is 33.7 Å². The zero-order valence-electron chi connectivity index (χ0n) is 8.71. The number of ketones is 1. The van der Waals surface area contributed by atoms with Crippen molar-refractivity contribution in [2.45, 2.75) is 13.8 Å². The van der Waals surface area contributed by atoms with E-state index in [1.807, 2.05) is 0 Å². The van der Waals surface area contributed by atoms with Crippen molar-refractivity contribution in [2.75, 3.05) is 14.1 Å². The number of nitrogens with zero attached hydrogens (tertiary/aromatic N) is 2. The molecule has 5 heteroatoms. The van der Waals surface area contributed by atoms with E-state index in [9.17, 15) is 9.59 Å². The Bertz CT molecular complexity index is 379.